The minimum atomic E-state index is -5.27. The summed E-state index contributed by atoms with van der Waals surface area (Å²) in [4.78, 5) is -1.17. The Hall–Kier alpha value is -1.34. The second-order valence-electron chi connectivity index (χ2n) is 6.08. The normalized spacial score (nSPS) is 13.3. The first kappa shape index (κ1) is 22.9. The van der Waals surface area contributed by atoms with Gasteiger partial charge in [-0.15, -0.1) is 15.0 Å². The molecule has 12 heteroatoms. The summed E-state index contributed by atoms with van der Waals surface area (Å²) in [6, 6.07) is 9.02. The molecule has 0 saturated heterocycles. The molecule has 1 N–H and O–H groups in total. The van der Waals surface area contributed by atoms with Crippen molar-refractivity contribution in [1.82, 2.24) is 15.0 Å². The molecule has 0 aliphatic rings. The molecule has 0 fully saturated rings. The number of nitrogens with zero attached hydrogens (tertiary/aromatic N) is 3. The van der Waals surface area contributed by atoms with Crippen LogP contribution in [0, 0.1) is 0 Å². The van der Waals surface area contributed by atoms with E-state index in [1.165, 1.54) is 6.07 Å². The zero-order valence-corrected chi connectivity index (χ0v) is 19.0. The van der Waals surface area contributed by atoms with Gasteiger partial charge >= 0.3 is 29.6 Å². The van der Waals surface area contributed by atoms with Crippen molar-refractivity contribution in [1.29, 1.82) is 0 Å². The third-order valence-corrected chi connectivity index (χ3v) is 6.21. The SMILES string of the molecule is CCC(C)c1cc(-n2nc3ccccc3n2)c(S(=O)(=O)[O-])c(S(=O)(=O)O)c1.[Na+]. The van der Waals surface area contributed by atoms with Crippen molar-refractivity contribution < 1.29 is 55.5 Å². The van der Waals surface area contributed by atoms with Crippen LogP contribution in [0.4, 0.5) is 0 Å². The Morgan fingerprint density at radius 2 is 1.64 bits per heavy atom. The number of fused-ring (bicyclic) bond motifs is 1. The van der Waals surface area contributed by atoms with Crippen molar-refractivity contribution in [2.75, 3.05) is 0 Å². The van der Waals surface area contributed by atoms with Gasteiger partial charge in [-0.1, -0.05) is 26.0 Å². The summed E-state index contributed by atoms with van der Waals surface area (Å²) >= 11 is 0. The number of hydrogen-bond donors (Lipinski definition) is 1. The maximum Gasteiger partial charge on any atom is 1.00 e. The fourth-order valence-corrected chi connectivity index (χ4v) is 4.64. The quantitative estimate of drug-likeness (QED) is 0.402. The van der Waals surface area contributed by atoms with Crippen LogP contribution >= 0.6 is 0 Å². The maximum atomic E-state index is 11.9. The van der Waals surface area contributed by atoms with Gasteiger partial charge in [-0.05, 0) is 42.2 Å². The molecule has 144 valence electrons. The van der Waals surface area contributed by atoms with Crippen molar-refractivity contribution in [3.63, 3.8) is 0 Å². The first-order chi connectivity index (χ1) is 12.5. The zero-order chi connectivity index (χ0) is 20.0. The van der Waals surface area contributed by atoms with Gasteiger partial charge in [-0.25, -0.2) is 8.42 Å². The smallest absolute Gasteiger partial charge is 0.744 e. The molecule has 3 rings (SSSR count). The Balaban J connectivity index is 0.00000280. The van der Waals surface area contributed by atoms with Crippen LogP contribution in [0.2, 0.25) is 0 Å². The number of aromatic nitrogens is 3. The van der Waals surface area contributed by atoms with Crippen molar-refractivity contribution in [2.24, 2.45) is 0 Å². The van der Waals surface area contributed by atoms with E-state index in [2.05, 4.69) is 10.2 Å². The summed E-state index contributed by atoms with van der Waals surface area (Å²) in [6.07, 6.45) is 0.613. The predicted octanol–water partition coefficient (Wildman–Crippen LogP) is -0.911. The summed E-state index contributed by atoms with van der Waals surface area (Å²) in [5.41, 5.74) is 0.948. The van der Waals surface area contributed by atoms with Gasteiger partial charge in [0.15, 0.2) is 0 Å². The van der Waals surface area contributed by atoms with Gasteiger partial charge < -0.3 is 4.55 Å². The molecule has 28 heavy (non-hydrogen) atoms. The van der Waals surface area contributed by atoms with Crippen LogP contribution in [0.15, 0.2) is 46.2 Å². The number of rotatable bonds is 5. The van der Waals surface area contributed by atoms with Crippen LogP contribution in [0.5, 0.6) is 0 Å². The monoisotopic (exact) mass is 433 g/mol. The van der Waals surface area contributed by atoms with E-state index in [-0.39, 0.29) is 41.2 Å². The zero-order valence-electron chi connectivity index (χ0n) is 15.4. The van der Waals surface area contributed by atoms with Crippen LogP contribution < -0.4 is 29.6 Å². The molecular weight excluding hydrogens is 417 g/mol. The molecular formula is C16H16N3NaO6S2. The summed E-state index contributed by atoms with van der Waals surface area (Å²) < 4.78 is 68.8. The molecule has 2 aromatic carbocycles. The molecule has 1 unspecified atom stereocenters. The van der Waals surface area contributed by atoms with Gasteiger partial charge in [0.05, 0.1) is 0 Å². The Bertz CT molecular complexity index is 1210. The van der Waals surface area contributed by atoms with Crippen molar-refractivity contribution in [2.45, 2.75) is 36.0 Å². The van der Waals surface area contributed by atoms with E-state index in [1.54, 1.807) is 31.2 Å². The summed E-state index contributed by atoms with van der Waals surface area (Å²) in [5, 5.41) is 8.26. The molecule has 0 bridgehead atoms. The van der Waals surface area contributed by atoms with Gasteiger partial charge in [0.2, 0.25) is 0 Å². The van der Waals surface area contributed by atoms with Crippen molar-refractivity contribution in [3.05, 3.63) is 42.0 Å². The maximum absolute atomic E-state index is 11.9. The molecule has 3 aromatic rings. The van der Waals surface area contributed by atoms with Gasteiger partial charge in [0.25, 0.3) is 10.1 Å². The predicted molar refractivity (Wildman–Crippen MR) is 95.3 cm³/mol. The van der Waals surface area contributed by atoms with Gasteiger partial charge in [0, 0.05) is 0 Å². The molecule has 0 aliphatic heterocycles. The molecule has 1 heterocycles. The largest absolute Gasteiger partial charge is 1.00 e. The Labute approximate surface area is 184 Å². The second-order valence-corrected chi connectivity index (χ2v) is 8.79. The van der Waals surface area contributed by atoms with E-state index >= 15 is 0 Å². The van der Waals surface area contributed by atoms with E-state index < -0.39 is 30.0 Å². The standard InChI is InChI=1S/C16H17N3O6S2.Na/c1-3-10(2)11-8-14(19-17-12-6-4-5-7-13(12)18-19)16(27(23,24)25)15(9-11)26(20,21)22;/h4-10H,3H2,1-2H3,(H,20,21,22)(H,23,24,25);/q;+1/p-1. The Morgan fingerprint density at radius 1 is 1.11 bits per heavy atom. The first-order valence-corrected chi connectivity index (χ1v) is 10.8. The average molecular weight is 433 g/mol. The third kappa shape index (κ3) is 4.46. The summed E-state index contributed by atoms with van der Waals surface area (Å²) in [5.74, 6) is -0.169. The molecule has 1 atom stereocenters. The Morgan fingerprint density at radius 3 is 2.07 bits per heavy atom. The molecule has 0 spiro atoms. The van der Waals surface area contributed by atoms with Gasteiger partial charge in [-0.2, -0.15) is 8.42 Å². The molecule has 0 aliphatic carbocycles. The minimum absolute atomic E-state index is 0. The van der Waals surface area contributed by atoms with Crippen molar-refractivity contribution in [3.8, 4) is 5.69 Å². The van der Waals surface area contributed by atoms with Crippen LogP contribution in [0.1, 0.15) is 31.7 Å². The molecule has 0 radical (unpaired) electrons. The third-order valence-electron chi connectivity index (χ3n) is 4.27. The van der Waals surface area contributed by atoms with E-state index in [4.69, 9.17) is 0 Å². The Kier molecular flexibility index (Phi) is 6.71. The van der Waals surface area contributed by atoms with Crippen LogP contribution in [-0.2, 0) is 20.2 Å². The van der Waals surface area contributed by atoms with Gasteiger partial charge in [-0.3, -0.25) is 4.55 Å². The topological polar surface area (TPSA) is 142 Å². The fraction of sp³-hybridized carbons (Fsp3) is 0.250. The summed E-state index contributed by atoms with van der Waals surface area (Å²) in [6.45, 7) is 3.65. The van der Waals surface area contributed by atoms with Gasteiger partial charge in [0.1, 0.15) is 36.6 Å². The molecule has 1 aromatic heterocycles. The molecule has 0 amide bonds. The van der Waals surface area contributed by atoms with Crippen LogP contribution in [-0.4, -0.2) is 40.9 Å². The van der Waals surface area contributed by atoms with E-state index in [1.807, 2.05) is 6.92 Å². The van der Waals surface area contributed by atoms with Crippen LogP contribution in [0.25, 0.3) is 16.7 Å². The van der Waals surface area contributed by atoms with Crippen LogP contribution in [0.3, 0.4) is 0 Å². The first-order valence-electron chi connectivity index (χ1n) is 7.96. The summed E-state index contributed by atoms with van der Waals surface area (Å²) in [7, 11) is -10.3. The molecule has 0 saturated carbocycles. The van der Waals surface area contributed by atoms with E-state index in [0.717, 1.165) is 10.9 Å². The minimum Gasteiger partial charge on any atom is -0.744 e. The van der Waals surface area contributed by atoms with E-state index in [0.29, 0.717) is 23.0 Å². The second kappa shape index (κ2) is 8.19. The number of benzene rings is 2. The molecule has 9 nitrogen and oxygen atoms in total. The van der Waals surface area contributed by atoms with Crippen molar-refractivity contribution >= 4 is 31.3 Å². The van der Waals surface area contributed by atoms with E-state index in [9.17, 15) is 25.9 Å². The number of hydrogen-bond acceptors (Lipinski definition) is 7. The average Bonchev–Trinajstić information content (AvgIpc) is 3.02. The fourth-order valence-electron chi connectivity index (χ4n) is 2.69.